The van der Waals surface area contributed by atoms with E-state index in [0.717, 1.165) is 10.4 Å². The molecule has 0 saturated carbocycles. The van der Waals surface area contributed by atoms with Gasteiger partial charge < -0.3 is 11.1 Å². The molecule has 1 aromatic carbocycles. The zero-order chi connectivity index (χ0) is 21.0. The number of nitrogens with two attached hydrogens (primary N) is 1. The van der Waals surface area contributed by atoms with E-state index in [1.807, 2.05) is 17.5 Å². The van der Waals surface area contributed by atoms with Crippen molar-refractivity contribution in [3.8, 4) is 10.7 Å². The Morgan fingerprint density at radius 3 is 2.69 bits per heavy atom. The molecule has 3 rings (SSSR count). The van der Waals surface area contributed by atoms with Crippen LogP contribution in [0.1, 0.15) is 18.5 Å². The number of nitrogens with one attached hydrogen (secondary N) is 2. The lowest BCUT2D eigenvalue weighted by Crippen LogP contribution is -2.39. The molecule has 0 aliphatic carbocycles. The maximum absolute atomic E-state index is 13.1. The minimum absolute atomic E-state index is 0.0649. The molecule has 2 atom stereocenters. The molecule has 0 aliphatic rings. The van der Waals surface area contributed by atoms with E-state index in [1.165, 1.54) is 23.5 Å². The molecular formula is C19H20FN5O2S2. The molecule has 0 saturated heterocycles. The third-order valence-corrected chi connectivity index (χ3v) is 5.69. The average molecular weight is 434 g/mol. The van der Waals surface area contributed by atoms with E-state index in [9.17, 15) is 14.0 Å². The molecule has 10 heteroatoms. The number of nitrogens with zero attached hydrogens (tertiary/aromatic N) is 2. The van der Waals surface area contributed by atoms with E-state index in [0.29, 0.717) is 17.0 Å². The van der Waals surface area contributed by atoms with E-state index in [-0.39, 0.29) is 18.3 Å². The topological polar surface area (TPSA) is 106 Å². The van der Waals surface area contributed by atoms with E-state index in [4.69, 9.17) is 18.0 Å². The van der Waals surface area contributed by atoms with E-state index < -0.39 is 17.9 Å². The summed E-state index contributed by atoms with van der Waals surface area (Å²) in [7, 11) is 0. The summed E-state index contributed by atoms with van der Waals surface area (Å²) in [6.45, 7) is 1.77. The zero-order valence-corrected chi connectivity index (χ0v) is 17.2. The van der Waals surface area contributed by atoms with Crippen molar-refractivity contribution in [1.29, 1.82) is 0 Å². The first kappa shape index (κ1) is 20.9. The maximum atomic E-state index is 13.1. The van der Waals surface area contributed by atoms with Crippen LogP contribution in [0.25, 0.3) is 10.7 Å². The number of aromatic amines is 1. The first-order chi connectivity index (χ1) is 13.9. The number of hydrogen-bond donors (Lipinski definition) is 3. The first-order valence-electron chi connectivity index (χ1n) is 8.89. The predicted octanol–water partition coefficient (Wildman–Crippen LogP) is 2.83. The lowest BCUT2D eigenvalue weighted by Gasteiger charge is -2.18. The fourth-order valence-electron chi connectivity index (χ4n) is 2.91. The highest BCUT2D eigenvalue weighted by atomic mass is 32.1. The molecule has 2 heterocycles. The number of benzene rings is 1. The summed E-state index contributed by atoms with van der Waals surface area (Å²) >= 11 is 6.77. The molecule has 0 bridgehead atoms. The predicted molar refractivity (Wildman–Crippen MR) is 111 cm³/mol. The number of primary amides is 1. The van der Waals surface area contributed by atoms with Crippen LogP contribution in [0.5, 0.6) is 0 Å². The third kappa shape index (κ3) is 4.96. The van der Waals surface area contributed by atoms with Crippen molar-refractivity contribution in [3.63, 3.8) is 0 Å². The van der Waals surface area contributed by atoms with Crippen molar-refractivity contribution in [3.05, 3.63) is 57.9 Å². The fraction of sp³-hybridized carbons (Fsp3) is 0.263. The fourth-order valence-corrected chi connectivity index (χ4v) is 3.91. The zero-order valence-electron chi connectivity index (χ0n) is 15.6. The second-order valence-corrected chi connectivity index (χ2v) is 7.89. The highest BCUT2D eigenvalue weighted by Crippen LogP contribution is 2.25. The lowest BCUT2D eigenvalue weighted by atomic mass is 9.98. The number of aromatic nitrogens is 3. The third-order valence-electron chi connectivity index (χ3n) is 4.53. The molecule has 2 unspecified atom stereocenters. The van der Waals surface area contributed by atoms with Gasteiger partial charge in [-0.2, -0.15) is 5.10 Å². The van der Waals surface area contributed by atoms with Gasteiger partial charge in [-0.15, -0.1) is 11.3 Å². The summed E-state index contributed by atoms with van der Waals surface area (Å²) in [5.74, 6) is -1.26. The van der Waals surface area contributed by atoms with Crippen molar-refractivity contribution in [2.24, 2.45) is 11.7 Å². The first-order valence-corrected chi connectivity index (χ1v) is 10.2. The number of rotatable bonds is 8. The minimum atomic E-state index is -0.641. The Morgan fingerprint density at radius 1 is 1.34 bits per heavy atom. The van der Waals surface area contributed by atoms with Crippen LogP contribution in [0.2, 0.25) is 0 Å². The van der Waals surface area contributed by atoms with Gasteiger partial charge in [0, 0.05) is 6.54 Å². The smallest absolute Gasteiger partial charge is 0.242 e. The summed E-state index contributed by atoms with van der Waals surface area (Å²) in [6.07, 6.45) is 0.301. The van der Waals surface area contributed by atoms with Gasteiger partial charge in [-0.25, -0.2) is 4.39 Å². The van der Waals surface area contributed by atoms with Crippen LogP contribution in [0.4, 0.5) is 4.39 Å². The SMILES string of the molecule is CC(C(=O)NCC(Cc1ccc(F)cc1)C(N)=O)n1c(-c2cccs2)n[nH]c1=S. The summed E-state index contributed by atoms with van der Waals surface area (Å²) in [4.78, 5) is 25.4. The van der Waals surface area contributed by atoms with Crippen molar-refractivity contribution >= 4 is 35.4 Å². The Morgan fingerprint density at radius 2 is 2.07 bits per heavy atom. The molecule has 3 aromatic rings. The number of hydrogen-bond acceptors (Lipinski definition) is 5. The minimum Gasteiger partial charge on any atom is -0.369 e. The van der Waals surface area contributed by atoms with Crippen molar-refractivity contribution in [2.45, 2.75) is 19.4 Å². The van der Waals surface area contributed by atoms with Gasteiger partial charge in [0.25, 0.3) is 0 Å². The Balaban J connectivity index is 1.69. The van der Waals surface area contributed by atoms with Crippen molar-refractivity contribution in [2.75, 3.05) is 6.54 Å². The number of thiophene rings is 1. The summed E-state index contributed by atoms with van der Waals surface area (Å²) in [5.41, 5.74) is 6.24. The lowest BCUT2D eigenvalue weighted by molar-refractivity contribution is -0.125. The van der Waals surface area contributed by atoms with Crippen molar-refractivity contribution < 1.29 is 14.0 Å². The Bertz CT molecular complexity index is 1040. The van der Waals surface area contributed by atoms with Gasteiger partial charge in [0.1, 0.15) is 11.9 Å². The number of H-pyrrole nitrogens is 1. The normalized spacial score (nSPS) is 13.0. The number of halogens is 1. The second-order valence-electron chi connectivity index (χ2n) is 6.55. The van der Waals surface area contributed by atoms with Crippen molar-refractivity contribution in [1.82, 2.24) is 20.1 Å². The van der Waals surface area contributed by atoms with Gasteiger partial charge in [-0.1, -0.05) is 18.2 Å². The molecule has 7 nitrogen and oxygen atoms in total. The number of amides is 2. The molecule has 0 spiro atoms. The Kier molecular flexibility index (Phi) is 6.55. The molecule has 0 fully saturated rings. The largest absolute Gasteiger partial charge is 0.369 e. The molecule has 0 aliphatic heterocycles. The molecule has 0 radical (unpaired) electrons. The highest BCUT2D eigenvalue weighted by Gasteiger charge is 2.23. The second kappa shape index (κ2) is 9.10. The summed E-state index contributed by atoms with van der Waals surface area (Å²) in [5, 5.41) is 11.6. The van der Waals surface area contributed by atoms with Crippen LogP contribution in [0, 0.1) is 16.5 Å². The van der Waals surface area contributed by atoms with Gasteiger partial charge in [-0.3, -0.25) is 19.3 Å². The summed E-state index contributed by atoms with van der Waals surface area (Å²) < 4.78 is 15.0. The van der Waals surface area contributed by atoms with Crippen LogP contribution in [0.15, 0.2) is 41.8 Å². The molecular weight excluding hydrogens is 413 g/mol. The van der Waals surface area contributed by atoms with Crippen LogP contribution >= 0.6 is 23.6 Å². The number of carbonyl (C=O) groups is 2. The van der Waals surface area contributed by atoms with Gasteiger partial charge in [0.05, 0.1) is 10.8 Å². The maximum Gasteiger partial charge on any atom is 0.242 e. The van der Waals surface area contributed by atoms with E-state index >= 15 is 0 Å². The quantitative estimate of drug-likeness (QED) is 0.475. The monoisotopic (exact) mass is 433 g/mol. The standard InChI is InChI=1S/C19H20FN5O2S2/c1-11(25-17(23-24-19(25)28)15-3-2-8-29-15)18(27)22-10-13(16(21)26)9-12-4-6-14(20)7-5-12/h2-8,11,13H,9-10H2,1H3,(H2,21,26)(H,22,27)(H,24,28). The van der Waals surface area contributed by atoms with Gasteiger partial charge in [0.15, 0.2) is 10.6 Å². The average Bonchev–Trinajstić information content (AvgIpc) is 3.35. The molecule has 2 amide bonds. The molecule has 29 heavy (non-hydrogen) atoms. The van der Waals surface area contributed by atoms with Crippen LogP contribution in [-0.4, -0.2) is 33.1 Å². The molecule has 152 valence electrons. The number of carbonyl (C=O) groups excluding carboxylic acids is 2. The van der Waals surface area contributed by atoms with Crippen LogP contribution in [0.3, 0.4) is 0 Å². The highest BCUT2D eigenvalue weighted by molar-refractivity contribution is 7.71. The molecule has 4 N–H and O–H groups in total. The van der Waals surface area contributed by atoms with Crippen LogP contribution in [-0.2, 0) is 16.0 Å². The van der Waals surface area contributed by atoms with E-state index in [2.05, 4.69) is 15.5 Å². The van der Waals surface area contributed by atoms with Gasteiger partial charge in [0.2, 0.25) is 11.8 Å². The van der Waals surface area contributed by atoms with Crippen LogP contribution < -0.4 is 11.1 Å². The van der Waals surface area contributed by atoms with E-state index in [1.54, 1.807) is 23.6 Å². The Labute approximate surface area is 175 Å². The Hall–Kier alpha value is -2.85. The molecule has 2 aromatic heterocycles. The van der Waals surface area contributed by atoms with Gasteiger partial charge >= 0.3 is 0 Å². The van der Waals surface area contributed by atoms with Gasteiger partial charge in [-0.05, 0) is 54.7 Å². The summed E-state index contributed by atoms with van der Waals surface area (Å²) in [6, 6.07) is 8.96.